The van der Waals surface area contributed by atoms with Gasteiger partial charge in [0.25, 0.3) is 0 Å². The van der Waals surface area contributed by atoms with E-state index in [1.54, 1.807) is 0 Å². The maximum absolute atomic E-state index is 13.7. The number of nitrogens with zero attached hydrogens (tertiary/aromatic N) is 1. The molecule has 5 rings (SSSR count). The quantitative estimate of drug-likeness (QED) is 0.651. The molecule has 1 saturated carbocycles. The molecule has 1 spiro atoms. The van der Waals surface area contributed by atoms with Crippen LogP contribution in [0.1, 0.15) is 56.6 Å². The molecule has 2 aromatic carbocycles. The summed E-state index contributed by atoms with van der Waals surface area (Å²) in [5.74, 6) is 0.726. The number of fused-ring (bicyclic) bond motifs is 4. The van der Waals surface area contributed by atoms with Crippen LogP contribution in [0, 0.1) is 10.8 Å². The molecule has 2 atom stereocenters. The highest BCUT2D eigenvalue weighted by Gasteiger charge is 2.60. The summed E-state index contributed by atoms with van der Waals surface area (Å²) >= 11 is 0. The lowest BCUT2D eigenvalue weighted by Crippen LogP contribution is -2.65. The number of carbonyl (C=O) groups excluding carboxylic acids is 2. The van der Waals surface area contributed by atoms with Gasteiger partial charge in [-0.3, -0.25) is 9.59 Å². The monoisotopic (exact) mass is 387 g/mol. The second-order valence-corrected chi connectivity index (χ2v) is 9.98. The van der Waals surface area contributed by atoms with Crippen LogP contribution in [-0.4, -0.2) is 24.2 Å². The zero-order valence-corrected chi connectivity index (χ0v) is 17.4. The fourth-order valence-corrected chi connectivity index (χ4v) is 6.08. The van der Waals surface area contributed by atoms with Crippen molar-refractivity contribution in [2.75, 3.05) is 11.4 Å². The van der Waals surface area contributed by atoms with E-state index < -0.39 is 5.41 Å². The van der Waals surface area contributed by atoms with E-state index in [9.17, 15) is 9.59 Å². The summed E-state index contributed by atoms with van der Waals surface area (Å²) in [5.41, 5.74) is 2.60. The molecule has 1 saturated heterocycles. The van der Waals surface area contributed by atoms with Crippen LogP contribution in [0.2, 0.25) is 0 Å². The van der Waals surface area contributed by atoms with Gasteiger partial charge in [0, 0.05) is 31.1 Å². The van der Waals surface area contributed by atoms with E-state index in [1.807, 2.05) is 12.1 Å². The van der Waals surface area contributed by atoms with Crippen molar-refractivity contribution in [1.29, 1.82) is 0 Å². The van der Waals surface area contributed by atoms with Gasteiger partial charge in [-0.1, -0.05) is 62.4 Å². The molecule has 2 fully saturated rings. The normalized spacial score (nSPS) is 27.4. The predicted octanol–water partition coefficient (Wildman–Crippen LogP) is 4.94. The number of hydrogen-bond acceptors (Lipinski definition) is 3. The van der Waals surface area contributed by atoms with Crippen LogP contribution in [-0.2, 0) is 16.0 Å². The van der Waals surface area contributed by atoms with Gasteiger partial charge in [-0.05, 0) is 47.8 Å². The molecule has 2 heterocycles. The molecule has 29 heavy (non-hydrogen) atoms. The van der Waals surface area contributed by atoms with Crippen molar-refractivity contribution in [3.05, 3.63) is 65.7 Å². The zero-order valence-electron chi connectivity index (χ0n) is 17.4. The fraction of sp³-hybridized carbons (Fsp3) is 0.462. The number of carbonyl (C=O) groups is 2. The minimum absolute atomic E-state index is 0.0348. The fourth-order valence-electron chi connectivity index (χ4n) is 6.08. The summed E-state index contributed by atoms with van der Waals surface area (Å²) in [4.78, 5) is 29.7. The Morgan fingerprint density at radius 1 is 0.862 bits per heavy atom. The van der Waals surface area contributed by atoms with Crippen molar-refractivity contribution < 1.29 is 9.59 Å². The highest BCUT2D eigenvalue weighted by Crippen LogP contribution is 2.53. The van der Waals surface area contributed by atoms with Gasteiger partial charge in [0.1, 0.15) is 17.0 Å². The van der Waals surface area contributed by atoms with Gasteiger partial charge in [-0.2, -0.15) is 0 Å². The summed E-state index contributed by atoms with van der Waals surface area (Å²) in [6, 6.07) is 19.0. The average molecular weight is 388 g/mol. The molecule has 0 radical (unpaired) electrons. The van der Waals surface area contributed by atoms with E-state index in [0.717, 1.165) is 24.9 Å². The Balaban J connectivity index is 1.61. The van der Waals surface area contributed by atoms with Crippen LogP contribution >= 0.6 is 0 Å². The molecule has 150 valence electrons. The first-order valence-corrected chi connectivity index (χ1v) is 10.9. The average Bonchev–Trinajstić information content (AvgIpc) is 2.71. The summed E-state index contributed by atoms with van der Waals surface area (Å²) in [5, 5.41) is 0. The van der Waals surface area contributed by atoms with E-state index in [-0.39, 0.29) is 23.0 Å². The van der Waals surface area contributed by atoms with Crippen LogP contribution in [0.25, 0.3) is 0 Å². The van der Waals surface area contributed by atoms with Crippen molar-refractivity contribution in [3.63, 3.8) is 0 Å². The minimum atomic E-state index is -0.878. The molecule has 0 bridgehead atoms. The Hall–Kier alpha value is -2.42. The van der Waals surface area contributed by atoms with Crippen LogP contribution in [0.5, 0.6) is 0 Å². The molecule has 0 amide bonds. The Morgan fingerprint density at radius 2 is 1.52 bits per heavy atom. The maximum atomic E-state index is 13.7. The lowest BCUT2D eigenvalue weighted by Gasteiger charge is -2.56. The van der Waals surface area contributed by atoms with E-state index in [4.69, 9.17) is 0 Å². The van der Waals surface area contributed by atoms with Gasteiger partial charge in [-0.15, -0.1) is 0 Å². The van der Waals surface area contributed by atoms with E-state index in [2.05, 4.69) is 61.2 Å². The van der Waals surface area contributed by atoms with Gasteiger partial charge in [-0.25, -0.2) is 0 Å². The molecule has 3 aliphatic rings. The third kappa shape index (κ3) is 2.86. The van der Waals surface area contributed by atoms with Crippen LogP contribution in [0.15, 0.2) is 54.6 Å². The smallest absolute Gasteiger partial charge is 0.149 e. The van der Waals surface area contributed by atoms with Crippen molar-refractivity contribution in [3.8, 4) is 0 Å². The van der Waals surface area contributed by atoms with E-state index in [1.165, 1.54) is 11.3 Å². The topological polar surface area (TPSA) is 37.4 Å². The highest BCUT2D eigenvalue weighted by atomic mass is 16.2. The largest absolute Gasteiger partial charge is 0.367 e. The molecular formula is C26H29NO2. The molecule has 0 N–H and O–H groups in total. The van der Waals surface area contributed by atoms with Gasteiger partial charge in [0.2, 0.25) is 0 Å². The van der Waals surface area contributed by atoms with Crippen molar-refractivity contribution >= 4 is 17.3 Å². The Labute approximate surface area is 173 Å². The number of rotatable bonds is 1. The highest BCUT2D eigenvalue weighted by molar-refractivity contribution is 6.11. The molecule has 3 nitrogen and oxygen atoms in total. The SMILES string of the molecule is CC1(C)CC(=O)C2(Cc3ccccc3N3CC[C@@H](c4ccccc4)C[C@H]32)C(=O)C1. The third-order valence-corrected chi connectivity index (χ3v) is 7.49. The van der Waals surface area contributed by atoms with Crippen molar-refractivity contribution in [2.45, 2.75) is 57.9 Å². The number of benzene rings is 2. The van der Waals surface area contributed by atoms with Gasteiger partial charge in [0.15, 0.2) is 0 Å². The molecular weight excluding hydrogens is 358 g/mol. The number of para-hydroxylation sites is 1. The Kier molecular flexibility index (Phi) is 4.20. The lowest BCUT2D eigenvalue weighted by atomic mass is 9.55. The molecule has 0 aromatic heterocycles. The van der Waals surface area contributed by atoms with Crippen molar-refractivity contribution in [1.82, 2.24) is 0 Å². The first-order valence-electron chi connectivity index (χ1n) is 10.9. The second-order valence-electron chi connectivity index (χ2n) is 9.98. The van der Waals surface area contributed by atoms with Crippen molar-refractivity contribution in [2.24, 2.45) is 10.8 Å². The maximum Gasteiger partial charge on any atom is 0.149 e. The number of anilines is 1. The van der Waals surface area contributed by atoms with Gasteiger partial charge in [0.05, 0.1) is 0 Å². The predicted molar refractivity (Wildman–Crippen MR) is 115 cm³/mol. The third-order valence-electron chi connectivity index (χ3n) is 7.49. The van der Waals surface area contributed by atoms with Crippen LogP contribution < -0.4 is 4.90 Å². The standard InChI is InChI=1S/C26H29NO2/c1-25(2)16-23(28)26(24(29)17-25)15-20-10-6-7-11-21(20)27-13-12-19(14-22(26)27)18-8-4-3-5-9-18/h3-11,19,22H,12-17H2,1-2H3/t19-,22+/m1/s1. The first-order chi connectivity index (χ1) is 13.9. The first kappa shape index (κ1) is 18.6. The summed E-state index contributed by atoms with van der Waals surface area (Å²) in [7, 11) is 0. The Bertz CT molecular complexity index is 942. The van der Waals surface area contributed by atoms with Gasteiger partial charge >= 0.3 is 0 Å². The van der Waals surface area contributed by atoms with Crippen LogP contribution in [0.3, 0.4) is 0 Å². The summed E-state index contributed by atoms with van der Waals surface area (Å²) in [6.07, 6.45) is 3.50. The second kappa shape index (κ2) is 6.55. The molecule has 3 heteroatoms. The lowest BCUT2D eigenvalue weighted by molar-refractivity contribution is -0.151. The number of ketones is 2. The number of piperidine rings is 1. The molecule has 1 aliphatic carbocycles. The number of hydrogen-bond donors (Lipinski definition) is 0. The number of Topliss-reactive ketones (excluding diaryl/α,β-unsaturated/α-hetero) is 2. The summed E-state index contributed by atoms with van der Waals surface area (Å²) in [6.45, 7) is 5.00. The minimum Gasteiger partial charge on any atom is -0.367 e. The van der Waals surface area contributed by atoms with E-state index in [0.29, 0.717) is 25.2 Å². The van der Waals surface area contributed by atoms with E-state index >= 15 is 0 Å². The Morgan fingerprint density at radius 3 is 2.24 bits per heavy atom. The molecule has 2 aliphatic heterocycles. The zero-order chi connectivity index (χ0) is 20.2. The van der Waals surface area contributed by atoms with Gasteiger partial charge < -0.3 is 4.90 Å². The van der Waals surface area contributed by atoms with Crippen LogP contribution in [0.4, 0.5) is 5.69 Å². The molecule has 0 unspecified atom stereocenters. The molecule has 2 aromatic rings. The summed E-state index contributed by atoms with van der Waals surface area (Å²) < 4.78 is 0.